The van der Waals surface area contributed by atoms with Crippen molar-refractivity contribution >= 4 is 11.6 Å². The highest BCUT2D eigenvalue weighted by Crippen LogP contribution is 2.37. The molecule has 0 aromatic heterocycles. The molecule has 1 aromatic carbocycles. The summed E-state index contributed by atoms with van der Waals surface area (Å²) in [6.45, 7) is 1.82. The lowest BCUT2D eigenvalue weighted by atomic mass is 9.74. The van der Waals surface area contributed by atoms with E-state index in [2.05, 4.69) is 0 Å². The lowest BCUT2D eigenvalue weighted by Gasteiger charge is -2.28. The zero-order valence-electron chi connectivity index (χ0n) is 11.2. The number of benzene rings is 1. The van der Waals surface area contributed by atoms with E-state index >= 15 is 0 Å². The molecule has 1 aromatic rings. The molecule has 1 fully saturated rings. The maximum absolute atomic E-state index is 12.7. The Morgan fingerprint density at radius 1 is 0.895 bits per heavy atom. The van der Waals surface area contributed by atoms with E-state index in [0.29, 0.717) is 22.6 Å². The molecule has 0 aliphatic heterocycles. The maximum atomic E-state index is 12.7. The fourth-order valence-electron chi connectivity index (χ4n) is 3.40. The molecule has 0 bridgehead atoms. The van der Waals surface area contributed by atoms with Gasteiger partial charge in [-0.15, -0.1) is 0 Å². The molecular formula is C17H18O2. The van der Waals surface area contributed by atoms with E-state index in [1.54, 1.807) is 12.1 Å². The van der Waals surface area contributed by atoms with Gasteiger partial charge in [-0.2, -0.15) is 0 Å². The molecule has 0 radical (unpaired) electrons. The molecule has 1 saturated carbocycles. The van der Waals surface area contributed by atoms with Crippen LogP contribution in [0.25, 0.3) is 0 Å². The minimum atomic E-state index is 0.0378. The largest absolute Gasteiger partial charge is 0.289 e. The second-order valence-electron chi connectivity index (χ2n) is 5.58. The minimum absolute atomic E-state index is 0.0378. The summed E-state index contributed by atoms with van der Waals surface area (Å²) in [6.07, 6.45) is 5.69. The second kappa shape index (κ2) is 4.76. The first kappa shape index (κ1) is 12.3. The second-order valence-corrected chi connectivity index (χ2v) is 5.58. The molecule has 2 heteroatoms. The zero-order chi connectivity index (χ0) is 13.4. The number of fused-ring (bicyclic) bond motifs is 1. The zero-order valence-corrected chi connectivity index (χ0v) is 11.2. The summed E-state index contributed by atoms with van der Waals surface area (Å²) in [7, 11) is 0. The number of Topliss-reactive ketones (excluding diaryl/α,β-unsaturated/α-hetero) is 2. The first-order valence-electron chi connectivity index (χ1n) is 7.09. The van der Waals surface area contributed by atoms with Crippen LogP contribution in [0.1, 0.15) is 59.7 Å². The van der Waals surface area contributed by atoms with E-state index in [0.717, 1.165) is 18.4 Å². The van der Waals surface area contributed by atoms with Crippen molar-refractivity contribution in [1.82, 2.24) is 0 Å². The molecule has 2 aliphatic rings. The van der Waals surface area contributed by atoms with Crippen LogP contribution in [0.5, 0.6) is 0 Å². The van der Waals surface area contributed by atoms with Crippen LogP contribution >= 0.6 is 0 Å². The molecule has 0 heterocycles. The molecule has 0 atom stereocenters. The van der Waals surface area contributed by atoms with Crippen LogP contribution in [-0.2, 0) is 0 Å². The molecular weight excluding hydrogens is 236 g/mol. The average Bonchev–Trinajstić information content (AvgIpc) is 2.46. The number of carbonyl (C=O) groups is 2. The standard InChI is InChI=1S/C17H18O2/c1-11-15(12-7-3-2-4-8-12)17(19)14-10-6-5-9-13(14)16(11)18/h5-6,9-10,12H,2-4,7-8H2,1H3. The molecule has 19 heavy (non-hydrogen) atoms. The van der Waals surface area contributed by atoms with Gasteiger partial charge in [0.25, 0.3) is 0 Å². The fourth-order valence-corrected chi connectivity index (χ4v) is 3.40. The van der Waals surface area contributed by atoms with Gasteiger partial charge in [-0.1, -0.05) is 43.5 Å². The topological polar surface area (TPSA) is 34.1 Å². The van der Waals surface area contributed by atoms with Crippen LogP contribution in [0.3, 0.4) is 0 Å². The third-order valence-corrected chi connectivity index (χ3v) is 4.42. The van der Waals surface area contributed by atoms with E-state index in [1.165, 1.54) is 19.3 Å². The predicted octanol–water partition coefficient (Wildman–Crippen LogP) is 3.96. The van der Waals surface area contributed by atoms with Gasteiger partial charge in [0, 0.05) is 22.3 Å². The summed E-state index contributed by atoms with van der Waals surface area (Å²) in [5.74, 6) is 0.411. The Morgan fingerprint density at radius 3 is 2.11 bits per heavy atom. The highest BCUT2D eigenvalue weighted by molar-refractivity contribution is 6.26. The van der Waals surface area contributed by atoms with Gasteiger partial charge in [-0.05, 0) is 25.7 Å². The molecule has 0 N–H and O–H groups in total. The van der Waals surface area contributed by atoms with Gasteiger partial charge in [0.05, 0.1) is 0 Å². The van der Waals surface area contributed by atoms with Crippen molar-refractivity contribution in [3.8, 4) is 0 Å². The Hall–Kier alpha value is -1.70. The Balaban J connectivity index is 2.07. The van der Waals surface area contributed by atoms with Crippen molar-refractivity contribution in [3.05, 3.63) is 46.5 Å². The Bertz CT molecular complexity index is 575. The SMILES string of the molecule is CC1=C(C2CCCCC2)C(=O)c2ccccc2C1=O. The number of hydrogen-bond acceptors (Lipinski definition) is 2. The van der Waals surface area contributed by atoms with Crippen molar-refractivity contribution in [2.75, 3.05) is 0 Å². The monoisotopic (exact) mass is 254 g/mol. The molecule has 0 amide bonds. The molecule has 0 saturated heterocycles. The molecule has 2 nitrogen and oxygen atoms in total. The first-order valence-corrected chi connectivity index (χ1v) is 7.09. The smallest absolute Gasteiger partial charge is 0.190 e. The van der Waals surface area contributed by atoms with E-state index in [1.807, 2.05) is 19.1 Å². The molecule has 2 aliphatic carbocycles. The van der Waals surface area contributed by atoms with Crippen molar-refractivity contribution in [2.45, 2.75) is 39.0 Å². The number of rotatable bonds is 1. The summed E-state index contributed by atoms with van der Waals surface area (Å²) in [5, 5.41) is 0. The van der Waals surface area contributed by atoms with Crippen LogP contribution in [0.2, 0.25) is 0 Å². The summed E-state index contributed by atoms with van der Waals surface area (Å²) >= 11 is 0. The fraction of sp³-hybridized carbons (Fsp3) is 0.412. The first-order chi connectivity index (χ1) is 9.20. The summed E-state index contributed by atoms with van der Waals surface area (Å²) in [6, 6.07) is 7.20. The van der Waals surface area contributed by atoms with Crippen LogP contribution in [-0.4, -0.2) is 11.6 Å². The Morgan fingerprint density at radius 2 is 1.47 bits per heavy atom. The highest BCUT2D eigenvalue weighted by Gasteiger charge is 2.34. The molecule has 0 spiro atoms. The highest BCUT2D eigenvalue weighted by atomic mass is 16.1. The van der Waals surface area contributed by atoms with Crippen molar-refractivity contribution in [3.63, 3.8) is 0 Å². The van der Waals surface area contributed by atoms with E-state index < -0.39 is 0 Å². The maximum Gasteiger partial charge on any atom is 0.190 e. The minimum Gasteiger partial charge on any atom is -0.289 e. The molecule has 0 unspecified atom stereocenters. The third kappa shape index (κ3) is 1.95. The number of ketones is 2. The molecule has 3 rings (SSSR count). The van der Waals surface area contributed by atoms with Gasteiger partial charge in [-0.3, -0.25) is 9.59 Å². The summed E-state index contributed by atoms with van der Waals surface area (Å²) < 4.78 is 0. The Kier molecular flexibility index (Phi) is 3.09. The third-order valence-electron chi connectivity index (χ3n) is 4.42. The van der Waals surface area contributed by atoms with Crippen molar-refractivity contribution < 1.29 is 9.59 Å². The van der Waals surface area contributed by atoms with Crippen molar-refractivity contribution in [2.24, 2.45) is 5.92 Å². The summed E-state index contributed by atoms with van der Waals surface area (Å²) in [4.78, 5) is 25.1. The number of carbonyl (C=O) groups excluding carboxylic acids is 2. The van der Waals surface area contributed by atoms with Crippen molar-refractivity contribution in [1.29, 1.82) is 0 Å². The van der Waals surface area contributed by atoms with Gasteiger partial charge in [0.1, 0.15) is 0 Å². The van der Waals surface area contributed by atoms with Gasteiger partial charge in [0.15, 0.2) is 11.6 Å². The normalized spacial score (nSPS) is 20.7. The van der Waals surface area contributed by atoms with Crippen LogP contribution in [0.15, 0.2) is 35.4 Å². The van der Waals surface area contributed by atoms with Crippen LogP contribution < -0.4 is 0 Å². The number of allylic oxidation sites excluding steroid dienone is 2. The van der Waals surface area contributed by atoms with Crippen LogP contribution in [0, 0.1) is 5.92 Å². The molecule has 98 valence electrons. The van der Waals surface area contributed by atoms with E-state index in [-0.39, 0.29) is 11.6 Å². The lowest BCUT2D eigenvalue weighted by molar-refractivity contribution is 0.0961. The summed E-state index contributed by atoms with van der Waals surface area (Å²) in [5.41, 5.74) is 2.64. The van der Waals surface area contributed by atoms with Crippen LogP contribution in [0.4, 0.5) is 0 Å². The van der Waals surface area contributed by atoms with Gasteiger partial charge < -0.3 is 0 Å². The van der Waals surface area contributed by atoms with Gasteiger partial charge in [0.2, 0.25) is 0 Å². The number of hydrogen-bond donors (Lipinski definition) is 0. The van der Waals surface area contributed by atoms with Gasteiger partial charge in [-0.25, -0.2) is 0 Å². The predicted molar refractivity (Wildman–Crippen MR) is 74.4 cm³/mol. The average molecular weight is 254 g/mol. The quantitative estimate of drug-likeness (QED) is 0.760. The van der Waals surface area contributed by atoms with E-state index in [4.69, 9.17) is 0 Å². The lowest BCUT2D eigenvalue weighted by Crippen LogP contribution is -2.26. The van der Waals surface area contributed by atoms with E-state index in [9.17, 15) is 9.59 Å². The Labute approximate surface area is 113 Å². The van der Waals surface area contributed by atoms with Gasteiger partial charge >= 0.3 is 0 Å².